The Kier molecular flexibility index (Phi) is 3.69. The van der Waals surface area contributed by atoms with E-state index < -0.39 is 21.4 Å². The quantitative estimate of drug-likeness (QED) is 0.907. The summed E-state index contributed by atoms with van der Waals surface area (Å²) >= 11 is 0. The molecule has 0 bridgehead atoms. The first kappa shape index (κ1) is 14.4. The van der Waals surface area contributed by atoms with Crippen molar-refractivity contribution in [2.75, 3.05) is 13.1 Å². The van der Waals surface area contributed by atoms with Gasteiger partial charge in [0.25, 0.3) is 0 Å². The molecular weight excluding hydrogens is 293 g/mol. The molecule has 1 N–H and O–H groups in total. The van der Waals surface area contributed by atoms with Crippen LogP contribution in [0.1, 0.15) is 24.8 Å². The highest BCUT2D eigenvalue weighted by molar-refractivity contribution is 7.89. The predicted molar refractivity (Wildman–Crippen MR) is 74.4 cm³/mol. The number of benzene rings is 1. The van der Waals surface area contributed by atoms with E-state index in [0.29, 0.717) is 12.6 Å². The third-order valence-corrected chi connectivity index (χ3v) is 5.54. The highest BCUT2D eigenvalue weighted by atomic mass is 32.2. The SMILES string of the molecule is N#Cc1c(F)cccc1S(=O)(=O)NC1CCN(C2CC2)C1. The average molecular weight is 309 g/mol. The molecule has 1 saturated carbocycles. The average Bonchev–Trinajstić information content (AvgIpc) is 3.19. The second-order valence-corrected chi connectivity index (χ2v) is 7.24. The van der Waals surface area contributed by atoms with E-state index in [-0.39, 0.29) is 10.9 Å². The number of halogens is 1. The molecule has 1 aromatic rings. The molecular formula is C14H16FN3O2S. The first-order chi connectivity index (χ1) is 10.0. The number of nitriles is 1. The van der Waals surface area contributed by atoms with Gasteiger partial charge in [0, 0.05) is 25.2 Å². The maximum atomic E-state index is 13.5. The summed E-state index contributed by atoms with van der Waals surface area (Å²) in [6, 6.07) is 5.70. The molecule has 0 aromatic heterocycles. The summed E-state index contributed by atoms with van der Waals surface area (Å²) in [7, 11) is -3.88. The molecule has 1 heterocycles. The second-order valence-electron chi connectivity index (χ2n) is 5.56. The third-order valence-electron chi connectivity index (χ3n) is 3.98. The van der Waals surface area contributed by atoms with E-state index in [4.69, 9.17) is 5.26 Å². The second kappa shape index (κ2) is 5.37. The zero-order chi connectivity index (χ0) is 15.0. The third kappa shape index (κ3) is 2.93. The van der Waals surface area contributed by atoms with Crippen molar-refractivity contribution >= 4 is 10.0 Å². The first-order valence-electron chi connectivity index (χ1n) is 6.96. The molecule has 0 amide bonds. The molecule has 7 heteroatoms. The summed E-state index contributed by atoms with van der Waals surface area (Å²) in [5, 5.41) is 8.96. The van der Waals surface area contributed by atoms with Gasteiger partial charge in [-0.15, -0.1) is 0 Å². The number of likely N-dealkylation sites (tertiary alicyclic amines) is 1. The van der Waals surface area contributed by atoms with E-state index >= 15 is 0 Å². The van der Waals surface area contributed by atoms with Gasteiger partial charge < -0.3 is 0 Å². The van der Waals surface area contributed by atoms with Crippen LogP contribution < -0.4 is 4.72 Å². The van der Waals surface area contributed by atoms with Crippen LogP contribution in [-0.2, 0) is 10.0 Å². The minimum Gasteiger partial charge on any atom is -0.299 e. The Morgan fingerprint density at radius 2 is 2.10 bits per heavy atom. The normalized spacial score (nSPS) is 23.1. The molecule has 1 unspecified atom stereocenters. The van der Waals surface area contributed by atoms with Gasteiger partial charge in [-0.25, -0.2) is 17.5 Å². The number of rotatable bonds is 4. The fraction of sp³-hybridized carbons (Fsp3) is 0.500. The van der Waals surface area contributed by atoms with E-state index in [1.807, 2.05) is 0 Å². The predicted octanol–water partition coefficient (Wildman–Crippen LogP) is 1.21. The number of hydrogen-bond acceptors (Lipinski definition) is 4. The Morgan fingerprint density at radius 1 is 1.33 bits per heavy atom. The van der Waals surface area contributed by atoms with Gasteiger partial charge in [-0.05, 0) is 31.4 Å². The molecule has 2 aliphatic rings. The lowest BCUT2D eigenvalue weighted by atomic mass is 10.2. The Morgan fingerprint density at radius 3 is 2.76 bits per heavy atom. The van der Waals surface area contributed by atoms with Gasteiger partial charge in [-0.2, -0.15) is 5.26 Å². The fourth-order valence-corrected chi connectivity index (χ4v) is 4.20. The van der Waals surface area contributed by atoms with Gasteiger partial charge in [0.2, 0.25) is 10.0 Å². The molecule has 112 valence electrons. The topological polar surface area (TPSA) is 73.2 Å². The van der Waals surface area contributed by atoms with Crippen LogP contribution in [0.3, 0.4) is 0 Å². The molecule has 5 nitrogen and oxygen atoms in total. The van der Waals surface area contributed by atoms with Crippen molar-refractivity contribution in [3.8, 4) is 6.07 Å². The van der Waals surface area contributed by atoms with Crippen LogP contribution in [0.2, 0.25) is 0 Å². The molecule has 1 aliphatic heterocycles. The fourth-order valence-electron chi connectivity index (χ4n) is 2.77. The van der Waals surface area contributed by atoms with Crippen molar-refractivity contribution in [3.63, 3.8) is 0 Å². The lowest BCUT2D eigenvalue weighted by Gasteiger charge is -2.16. The number of hydrogen-bond donors (Lipinski definition) is 1. The summed E-state index contributed by atoms with van der Waals surface area (Å²) in [4.78, 5) is 2.00. The van der Waals surface area contributed by atoms with Gasteiger partial charge in [-0.3, -0.25) is 4.90 Å². The largest absolute Gasteiger partial charge is 0.299 e. The number of nitrogens with zero attached hydrogens (tertiary/aromatic N) is 2. The Bertz CT molecular complexity index is 695. The molecule has 3 rings (SSSR count). The van der Waals surface area contributed by atoms with E-state index in [9.17, 15) is 12.8 Å². The smallest absolute Gasteiger partial charge is 0.242 e. The van der Waals surface area contributed by atoms with Crippen LogP contribution in [0.25, 0.3) is 0 Å². The van der Waals surface area contributed by atoms with Crippen LogP contribution in [0.4, 0.5) is 4.39 Å². The number of sulfonamides is 1. The van der Waals surface area contributed by atoms with Crippen molar-refractivity contribution in [3.05, 3.63) is 29.6 Å². The monoisotopic (exact) mass is 309 g/mol. The minimum absolute atomic E-state index is 0.176. The van der Waals surface area contributed by atoms with Crippen LogP contribution in [0.15, 0.2) is 23.1 Å². The lowest BCUT2D eigenvalue weighted by Crippen LogP contribution is -2.37. The minimum atomic E-state index is -3.88. The molecule has 1 saturated heterocycles. The van der Waals surface area contributed by atoms with Crippen molar-refractivity contribution in [2.45, 2.75) is 36.2 Å². The maximum absolute atomic E-state index is 13.5. The molecule has 0 radical (unpaired) electrons. The van der Waals surface area contributed by atoms with Crippen LogP contribution in [0, 0.1) is 17.1 Å². The van der Waals surface area contributed by atoms with E-state index in [2.05, 4.69) is 9.62 Å². The lowest BCUT2D eigenvalue weighted by molar-refractivity contribution is 0.322. The molecule has 2 fully saturated rings. The summed E-state index contributed by atoms with van der Waals surface area (Å²) in [6.07, 6.45) is 3.11. The van der Waals surface area contributed by atoms with E-state index in [1.165, 1.54) is 25.0 Å². The summed E-state index contributed by atoms with van der Waals surface area (Å²) in [6.45, 7) is 1.56. The van der Waals surface area contributed by atoms with Gasteiger partial charge >= 0.3 is 0 Å². The van der Waals surface area contributed by atoms with Crippen molar-refractivity contribution in [1.82, 2.24) is 9.62 Å². The Hall–Kier alpha value is -1.49. The van der Waals surface area contributed by atoms with Crippen molar-refractivity contribution in [2.24, 2.45) is 0 Å². The first-order valence-corrected chi connectivity index (χ1v) is 8.44. The maximum Gasteiger partial charge on any atom is 0.242 e. The van der Waals surface area contributed by atoms with Crippen LogP contribution in [-0.4, -0.2) is 38.5 Å². The van der Waals surface area contributed by atoms with Gasteiger partial charge in [0.15, 0.2) is 0 Å². The van der Waals surface area contributed by atoms with Crippen LogP contribution >= 0.6 is 0 Å². The van der Waals surface area contributed by atoms with Gasteiger partial charge in [-0.1, -0.05) is 6.07 Å². The summed E-state index contributed by atoms with van der Waals surface area (Å²) in [5.74, 6) is -0.814. The molecule has 1 atom stereocenters. The summed E-state index contributed by atoms with van der Waals surface area (Å²) in [5.41, 5.74) is -0.429. The number of nitrogens with one attached hydrogen (secondary N) is 1. The van der Waals surface area contributed by atoms with Crippen molar-refractivity contribution < 1.29 is 12.8 Å². The Labute approximate surface area is 123 Å². The highest BCUT2D eigenvalue weighted by Crippen LogP contribution is 2.30. The van der Waals surface area contributed by atoms with Gasteiger partial charge in [0.1, 0.15) is 22.3 Å². The summed E-state index contributed by atoms with van der Waals surface area (Å²) < 4.78 is 40.9. The molecule has 21 heavy (non-hydrogen) atoms. The Balaban J connectivity index is 1.78. The van der Waals surface area contributed by atoms with Crippen molar-refractivity contribution in [1.29, 1.82) is 5.26 Å². The molecule has 0 spiro atoms. The van der Waals surface area contributed by atoms with Gasteiger partial charge in [0.05, 0.1) is 0 Å². The van der Waals surface area contributed by atoms with Crippen LogP contribution in [0.5, 0.6) is 0 Å². The zero-order valence-electron chi connectivity index (χ0n) is 11.4. The highest BCUT2D eigenvalue weighted by Gasteiger charge is 2.36. The zero-order valence-corrected chi connectivity index (χ0v) is 12.2. The molecule has 1 aliphatic carbocycles. The molecule has 1 aromatic carbocycles. The standard InChI is InChI=1S/C14H16FN3O2S/c15-13-2-1-3-14(12(13)8-16)21(19,20)17-10-6-7-18(9-10)11-4-5-11/h1-3,10-11,17H,4-7,9H2. The van der Waals surface area contributed by atoms with E-state index in [1.54, 1.807) is 6.07 Å². The van der Waals surface area contributed by atoms with E-state index in [0.717, 1.165) is 19.0 Å².